The van der Waals surface area contributed by atoms with E-state index in [1.807, 2.05) is 11.1 Å². The normalized spacial score (nSPS) is 20.7. The van der Waals surface area contributed by atoms with Crippen LogP contribution in [-0.4, -0.2) is 38.9 Å². The predicted octanol–water partition coefficient (Wildman–Crippen LogP) is 2.97. The first-order valence-electron chi connectivity index (χ1n) is 6.80. The summed E-state index contributed by atoms with van der Waals surface area (Å²) in [6, 6.07) is 0. The van der Waals surface area contributed by atoms with Gasteiger partial charge in [-0.25, -0.2) is 9.80 Å². The molecule has 22 heavy (non-hydrogen) atoms. The van der Waals surface area contributed by atoms with E-state index in [0.29, 0.717) is 17.3 Å². The second-order valence-electron chi connectivity index (χ2n) is 4.79. The first kappa shape index (κ1) is 16.8. The van der Waals surface area contributed by atoms with Crippen LogP contribution in [0.2, 0.25) is 0 Å². The zero-order valence-corrected chi connectivity index (χ0v) is 14.2. The molecule has 1 amide bonds. The summed E-state index contributed by atoms with van der Waals surface area (Å²) >= 11 is 8.98. The number of hydrazone groups is 1. The van der Waals surface area contributed by atoms with Gasteiger partial charge in [0.15, 0.2) is 5.84 Å². The number of carbonyl (C=O) groups is 2. The van der Waals surface area contributed by atoms with Crippen molar-refractivity contribution >= 4 is 45.2 Å². The standard InChI is InChI=1S/C14H15BrClN3O3/c1-2-3-6-11-18-7-4-5-10(16)13(18)17-19(11)12(20)8-9(15)14(21)22/h4-5,7-8,11H,2-3,6H2,1H3,(H,21,22)/b9-8+/t11-/m0/s1. The molecule has 0 fully saturated rings. The van der Waals surface area contributed by atoms with E-state index < -0.39 is 11.9 Å². The maximum atomic E-state index is 12.3. The first-order valence-corrected chi connectivity index (χ1v) is 7.97. The number of rotatable bonds is 5. The number of unbranched alkanes of at least 4 members (excludes halogenated alkanes) is 1. The number of nitrogens with zero attached hydrogens (tertiary/aromatic N) is 3. The number of carboxylic acids is 1. The van der Waals surface area contributed by atoms with Crippen LogP contribution in [0.15, 0.2) is 39.0 Å². The van der Waals surface area contributed by atoms with Gasteiger partial charge in [-0.05, 0) is 40.9 Å². The number of halogens is 2. The molecule has 2 rings (SSSR count). The molecule has 0 aliphatic carbocycles. The lowest BCUT2D eigenvalue weighted by atomic mass is 10.2. The van der Waals surface area contributed by atoms with Crippen molar-refractivity contribution in [1.82, 2.24) is 9.91 Å². The van der Waals surface area contributed by atoms with Crippen LogP contribution in [0.25, 0.3) is 0 Å². The Hall–Kier alpha value is -1.60. The van der Waals surface area contributed by atoms with Gasteiger partial charge in [0, 0.05) is 12.3 Å². The fourth-order valence-electron chi connectivity index (χ4n) is 2.20. The van der Waals surface area contributed by atoms with Gasteiger partial charge in [-0.1, -0.05) is 24.9 Å². The van der Waals surface area contributed by atoms with Crippen molar-refractivity contribution in [2.24, 2.45) is 5.10 Å². The lowest BCUT2D eigenvalue weighted by molar-refractivity contribution is -0.133. The zero-order chi connectivity index (χ0) is 16.3. The van der Waals surface area contributed by atoms with E-state index in [0.717, 1.165) is 18.9 Å². The minimum absolute atomic E-state index is 0.214. The van der Waals surface area contributed by atoms with E-state index in [4.69, 9.17) is 16.7 Å². The molecule has 0 spiro atoms. The molecule has 0 saturated carbocycles. The van der Waals surface area contributed by atoms with Gasteiger partial charge in [0.25, 0.3) is 5.91 Å². The summed E-state index contributed by atoms with van der Waals surface area (Å²) in [6.45, 7) is 2.06. The van der Waals surface area contributed by atoms with Crippen LogP contribution < -0.4 is 0 Å². The number of amidine groups is 1. The van der Waals surface area contributed by atoms with Gasteiger partial charge in [-0.3, -0.25) is 4.79 Å². The van der Waals surface area contributed by atoms with Gasteiger partial charge in [0.05, 0.1) is 5.03 Å². The average molecular weight is 389 g/mol. The molecular weight excluding hydrogens is 374 g/mol. The molecule has 6 nitrogen and oxygen atoms in total. The molecule has 0 unspecified atom stereocenters. The SMILES string of the molecule is CCCC[C@H]1N2C=CC=C(Cl)C2=NN1C(=O)/C=C(/Br)C(=O)O. The van der Waals surface area contributed by atoms with E-state index in [1.54, 1.807) is 12.2 Å². The Balaban J connectivity index is 2.29. The highest BCUT2D eigenvalue weighted by atomic mass is 79.9. The quantitative estimate of drug-likeness (QED) is 0.735. The Morgan fingerprint density at radius 2 is 2.27 bits per heavy atom. The van der Waals surface area contributed by atoms with E-state index >= 15 is 0 Å². The van der Waals surface area contributed by atoms with Gasteiger partial charge in [0.2, 0.25) is 0 Å². The third-order valence-corrected chi connectivity index (χ3v) is 4.11. The topological polar surface area (TPSA) is 73.2 Å². The average Bonchev–Trinajstić information content (AvgIpc) is 2.85. The molecule has 0 saturated heterocycles. The number of hydrogen-bond donors (Lipinski definition) is 1. The van der Waals surface area contributed by atoms with Gasteiger partial charge in [-0.2, -0.15) is 0 Å². The van der Waals surface area contributed by atoms with Crippen molar-refractivity contribution in [1.29, 1.82) is 0 Å². The highest BCUT2D eigenvalue weighted by molar-refractivity contribution is 9.12. The highest BCUT2D eigenvalue weighted by Gasteiger charge is 2.37. The van der Waals surface area contributed by atoms with Crippen LogP contribution in [0.5, 0.6) is 0 Å². The molecule has 0 radical (unpaired) electrons. The molecule has 118 valence electrons. The number of hydrogen-bond acceptors (Lipinski definition) is 4. The number of amides is 1. The van der Waals surface area contributed by atoms with Gasteiger partial charge < -0.3 is 10.0 Å². The fourth-order valence-corrected chi connectivity index (χ4v) is 2.60. The molecule has 2 aliphatic heterocycles. The van der Waals surface area contributed by atoms with Crippen LogP contribution in [0.1, 0.15) is 26.2 Å². The molecular formula is C14H15BrClN3O3. The van der Waals surface area contributed by atoms with Gasteiger partial charge in [-0.15, -0.1) is 5.10 Å². The van der Waals surface area contributed by atoms with Crippen LogP contribution >= 0.6 is 27.5 Å². The summed E-state index contributed by atoms with van der Waals surface area (Å²) < 4.78 is -0.214. The smallest absolute Gasteiger partial charge is 0.342 e. The maximum Gasteiger partial charge on any atom is 0.342 e. The third-order valence-electron chi connectivity index (χ3n) is 3.25. The monoisotopic (exact) mass is 387 g/mol. The Morgan fingerprint density at radius 1 is 1.55 bits per heavy atom. The van der Waals surface area contributed by atoms with Crippen molar-refractivity contribution in [3.8, 4) is 0 Å². The summed E-state index contributed by atoms with van der Waals surface area (Å²) in [5.41, 5.74) is 0. The molecule has 2 heterocycles. The molecule has 1 N–H and O–H groups in total. The molecule has 0 aromatic rings. The van der Waals surface area contributed by atoms with E-state index in [-0.39, 0.29) is 10.6 Å². The second kappa shape index (κ2) is 7.11. The summed E-state index contributed by atoms with van der Waals surface area (Å²) in [5.74, 6) is -1.21. The van der Waals surface area contributed by atoms with Crippen LogP contribution in [0.4, 0.5) is 0 Å². The Morgan fingerprint density at radius 3 is 2.91 bits per heavy atom. The largest absolute Gasteiger partial charge is 0.477 e. The van der Waals surface area contributed by atoms with E-state index in [1.165, 1.54) is 5.01 Å². The maximum absolute atomic E-state index is 12.3. The summed E-state index contributed by atoms with van der Waals surface area (Å²) in [4.78, 5) is 25.0. The zero-order valence-electron chi connectivity index (χ0n) is 11.9. The highest BCUT2D eigenvalue weighted by Crippen LogP contribution is 2.29. The number of fused-ring (bicyclic) bond motifs is 1. The number of carboxylic acid groups (broad SMARTS) is 1. The Labute approximate surface area is 141 Å². The number of allylic oxidation sites excluding steroid dienone is 2. The Bertz CT molecular complexity index is 612. The molecule has 0 aromatic heterocycles. The second-order valence-corrected chi connectivity index (χ2v) is 6.05. The number of carbonyl (C=O) groups excluding carboxylic acids is 1. The molecule has 1 atom stereocenters. The van der Waals surface area contributed by atoms with Gasteiger partial charge >= 0.3 is 5.97 Å². The first-order chi connectivity index (χ1) is 10.5. The summed E-state index contributed by atoms with van der Waals surface area (Å²) in [7, 11) is 0. The van der Waals surface area contributed by atoms with Crippen molar-refractivity contribution in [2.75, 3.05) is 0 Å². The van der Waals surface area contributed by atoms with Crippen molar-refractivity contribution in [3.05, 3.63) is 33.9 Å². The molecule has 8 heteroatoms. The van der Waals surface area contributed by atoms with Crippen LogP contribution in [0.3, 0.4) is 0 Å². The minimum atomic E-state index is -1.21. The molecule has 2 aliphatic rings. The van der Waals surface area contributed by atoms with E-state index in [2.05, 4.69) is 28.0 Å². The lowest BCUT2D eigenvalue weighted by Gasteiger charge is -2.28. The van der Waals surface area contributed by atoms with Crippen molar-refractivity contribution in [2.45, 2.75) is 32.4 Å². The third kappa shape index (κ3) is 3.41. The summed E-state index contributed by atoms with van der Waals surface area (Å²) in [6.07, 6.45) is 8.60. The Kier molecular flexibility index (Phi) is 5.42. The van der Waals surface area contributed by atoms with Crippen LogP contribution in [-0.2, 0) is 9.59 Å². The number of aliphatic carboxylic acids is 1. The van der Waals surface area contributed by atoms with Crippen LogP contribution in [0, 0.1) is 0 Å². The van der Waals surface area contributed by atoms with Crippen molar-refractivity contribution in [3.63, 3.8) is 0 Å². The lowest BCUT2D eigenvalue weighted by Crippen LogP contribution is -2.41. The summed E-state index contributed by atoms with van der Waals surface area (Å²) in [5, 5.41) is 14.8. The minimum Gasteiger partial charge on any atom is -0.477 e. The van der Waals surface area contributed by atoms with Gasteiger partial charge in [0.1, 0.15) is 10.6 Å². The molecule has 0 bridgehead atoms. The molecule has 0 aromatic carbocycles. The predicted molar refractivity (Wildman–Crippen MR) is 87.2 cm³/mol. The van der Waals surface area contributed by atoms with E-state index in [9.17, 15) is 9.59 Å². The van der Waals surface area contributed by atoms with Crippen molar-refractivity contribution < 1.29 is 14.7 Å². The fraction of sp³-hybridized carbons (Fsp3) is 0.357.